The summed E-state index contributed by atoms with van der Waals surface area (Å²) in [6.45, 7) is 1.89. The molecule has 1 aromatic rings. The Morgan fingerprint density at radius 3 is 2.70 bits per heavy atom. The number of anilines is 1. The summed E-state index contributed by atoms with van der Waals surface area (Å²) in [5.74, 6) is 0.129. The lowest BCUT2D eigenvalue weighted by Crippen LogP contribution is -2.50. The van der Waals surface area contributed by atoms with Crippen molar-refractivity contribution in [1.82, 2.24) is 0 Å². The molecule has 0 saturated heterocycles. The number of rotatable bonds is 3. The molecule has 0 radical (unpaired) electrons. The molecule has 2 N–H and O–H groups in total. The Hall–Kier alpha value is -1.06. The third-order valence-corrected chi connectivity index (χ3v) is 4.37. The SMILES string of the molecule is CCC(=O)N(c1ccccc1)C1CCCC(Cl)CC1N. The number of benzene rings is 1. The van der Waals surface area contributed by atoms with Crippen LogP contribution in [-0.2, 0) is 4.79 Å². The average molecular weight is 295 g/mol. The zero-order chi connectivity index (χ0) is 14.5. The predicted molar refractivity (Wildman–Crippen MR) is 84.1 cm³/mol. The molecule has 110 valence electrons. The number of halogens is 1. The number of amides is 1. The highest BCUT2D eigenvalue weighted by molar-refractivity contribution is 6.20. The third kappa shape index (κ3) is 3.53. The third-order valence-electron chi connectivity index (χ3n) is 3.98. The van der Waals surface area contributed by atoms with Crippen molar-refractivity contribution >= 4 is 23.2 Å². The lowest BCUT2D eigenvalue weighted by Gasteiger charge is -2.35. The van der Waals surface area contributed by atoms with Crippen LogP contribution in [0, 0.1) is 0 Å². The highest BCUT2D eigenvalue weighted by Crippen LogP contribution is 2.28. The fourth-order valence-corrected chi connectivity index (χ4v) is 3.29. The molecule has 0 aromatic heterocycles. The zero-order valence-corrected chi connectivity index (χ0v) is 12.7. The fraction of sp³-hybridized carbons (Fsp3) is 0.562. The van der Waals surface area contributed by atoms with E-state index in [1.165, 1.54) is 0 Å². The molecule has 0 aliphatic heterocycles. The van der Waals surface area contributed by atoms with Gasteiger partial charge in [-0.25, -0.2) is 0 Å². The number of carbonyl (C=O) groups excluding carboxylic acids is 1. The number of hydrogen-bond donors (Lipinski definition) is 1. The number of carbonyl (C=O) groups is 1. The van der Waals surface area contributed by atoms with Crippen molar-refractivity contribution in [3.05, 3.63) is 30.3 Å². The first kappa shape index (κ1) is 15.3. The molecule has 2 rings (SSSR count). The van der Waals surface area contributed by atoms with Gasteiger partial charge < -0.3 is 10.6 Å². The summed E-state index contributed by atoms with van der Waals surface area (Å²) in [5.41, 5.74) is 7.26. The van der Waals surface area contributed by atoms with Crippen LogP contribution in [0.5, 0.6) is 0 Å². The summed E-state index contributed by atoms with van der Waals surface area (Å²) in [4.78, 5) is 14.3. The van der Waals surface area contributed by atoms with E-state index in [1.54, 1.807) is 0 Å². The molecule has 1 saturated carbocycles. The summed E-state index contributed by atoms with van der Waals surface area (Å²) in [5, 5.41) is 0.129. The van der Waals surface area contributed by atoms with Crippen molar-refractivity contribution in [2.24, 2.45) is 5.73 Å². The summed E-state index contributed by atoms with van der Waals surface area (Å²) < 4.78 is 0. The van der Waals surface area contributed by atoms with Gasteiger partial charge in [0.05, 0.1) is 6.04 Å². The first-order chi connectivity index (χ1) is 9.63. The normalized spacial score (nSPS) is 26.9. The molecule has 3 nitrogen and oxygen atoms in total. The van der Waals surface area contributed by atoms with E-state index < -0.39 is 0 Å². The predicted octanol–water partition coefficient (Wildman–Crippen LogP) is 3.31. The van der Waals surface area contributed by atoms with E-state index in [0.717, 1.165) is 31.4 Å². The molecule has 0 heterocycles. The summed E-state index contributed by atoms with van der Waals surface area (Å²) in [6, 6.07) is 9.81. The highest BCUT2D eigenvalue weighted by atomic mass is 35.5. The quantitative estimate of drug-likeness (QED) is 0.687. The van der Waals surface area contributed by atoms with Crippen LogP contribution in [0.1, 0.15) is 39.0 Å². The van der Waals surface area contributed by atoms with Crippen LogP contribution in [0.2, 0.25) is 0 Å². The van der Waals surface area contributed by atoms with E-state index in [9.17, 15) is 4.79 Å². The maximum atomic E-state index is 12.4. The van der Waals surface area contributed by atoms with Gasteiger partial charge in [-0.2, -0.15) is 0 Å². The minimum absolute atomic E-state index is 0.0496. The number of nitrogens with two attached hydrogens (primary N) is 1. The second-order valence-electron chi connectivity index (χ2n) is 5.45. The number of hydrogen-bond acceptors (Lipinski definition) is 2. The van der Waals surface area contributed by atoms with E-state index in [4.69, 9.17) is 17.3 Å². The standard InChI is InChI=1S/C16H23ClN2O/c1-2-16(20)19(13-8-4-3-5-9-13)15-10-6-7-12(17)11-14(15)18/h3-5,8-9,12,14-15H,2,6-7,10-11,18H2,1H3. The Bertz CT molecular complexity index is 437. The van der Waals surface area contributed by atoms with Gasteiger partial charge in [0, 0.05) is 23.5 Å². The molecule has 1 aromatic carbocycles. The van der Waals surface area contributed by atoms with Crippen LogP contribution in [0.4, 0.5) is 5.69 Å². The Balaban J connectivity index is 2.28. The first-order valence-corrected chi connectivity index (χ1v) is 7.84. The van der Waals surface area contributed by atoms with E-state index in [2.05, 4.69) is 0 Å². The Labute approximate surface area is 126 Å². The second-order valence-corrected chi connectivity index (χ2v) is 6.07. The second kappa shape index (κ2) is 7.09. The van der Waals surface area contributed by atoms with Gasteiger partial charge in [0.15, 0.2) is 0 Å². The minimum atomic E-state index is -0.0595. The van der Waals surface area contributed by atoms with Crippen LogP contribution in [0.3, 0.4) is 0 Å². The highest BCUT2D eigenvalue weighted by Gasteiger charge is 2.32. The largest absolute Gasteiger partial charge is 0.326 e. The van der Waals surface area contributed by atoms with E-state index in [0.29, 0.717) is 6.42 Å². The van der Waals surface area contributed by atoms with Gasteiger partial charge in [0.25, 0.3) is 0 Å². The average Bonchev–Trinajstić information content (AvgIpc) is 2.61. The molecule has 4 heteroatoms. The van der Waals surface area contributed by atoms with E-state index in [-0.39, 0.29) is 23.4 Å². The van der Waals surface area contributed by atoms with Gasteiger partial charge in [0.1, 0.15) is 0 Å². The number of para-hydroxylation sites is 1. The Morgan fingerprint density at radius 1 is 1.35 bits per heavy atom. The molecule has 1 aliphatic carbocycles. The number of alkyl halides is 1. The molecule has 1 aliphatic rings. The van der Waals surface area contributed by atoms with Gasteiger partial charge in [-0.05, 0) is 37.8 Å². The minimum Gasteiger partial charge on any atom is -0.326 e. The summed E-state index contributed by atoms with van der Waals surface area (Å²) in [7, 11) is 0. The smallest absolute Gasteiger partial charge is 0.227 e. The molecule has 20 heavy (non-hydrogen) atoms. The van der Waals surface area contributed by atoms with Crippen molar-refractivity contribution in [3.8, 4) is 0 Å². The molecular weight excluding hydrogens is 272 g/mol. The van der Waals surface area contributed by atoms with Crippen LogP contribution in [0.15, 0.2) is 30.3 Å². The summed E-state index contributed by atoms with van der Waals surface area (Å²) in [6.07, 6.45) is 4.18. The fourth-order valence-electron chi connectivity index (χ4n) is 2.93. The van der Waals surface area contributed by atoms with Crippen molar-refractivity contribution in [2.75, 3.05) is 4.90 Å². The monoisotopic (exact) mass is 294 g/mol. The van der Waals surface area contributed by atoms with E-state index >= 15 is 0 Å². The van der Waals surface area contributed by atoms with E-state index in [1.807, 2.05) is 42.2 Å². The van der Waals surface area contributed by atoms with Gasteiger partial charge in [-0.15, -0.1) is 11.6 Å². The maximum absolute atomic E-state index is 12.4. The molecule has 3 atom stereocenters. The van der Waals surface area contributed by atoms with Crippen LogP contribution < -0.4 is 10.6 Å². The molecule has 0 spiro atoms. The van der Waals surface area contributed by atoms with Gasteiger partial charge in [-0.3, -0.25) is 4.79 Å². The molecular formula is C16H23ClN2O. The molecule has 0 bridgehead atoms. The molecule has 1 fully saturated rings. The van der Waals surface area contributed by atoms with Gasteiger partial charge in [-0.1, -0.05) is 25.1 Å². The lowest BCUT2D eigenvalue weighted by molar-refractivity contribution is -0.118. The van der Waals surface area contributed by atoms with Crippen LogP contribution >= 0.6 is 11.6 Å². The van der Waals surface area contributed by atoms with Crippen molar-refractivity contribution in [3.63, 3.8) is 0 Å². The number of nitrogens with zero attached hydrogens (tertiary/aromatic N) is 1. The van der Waals surface area contributed by atoms with Crippen molar-refractivity contribution in [1.29, 1.82) is 0 Å². The van der Waals surface area contributed by atoms with Gasteiger partial charge >= 0.3 is 0 Å². The van der Waals surface area contributed by atoms with Crippen molar-refractivity contribution in [2.45, 2.75) is 56.5 Å². The molecule has 1 amide bonds. The Morgan fingerprint density at radius 2 is 2.05 bits per heavy atom. The van der Waals surface area contributed by atoms with Crippen LogP contribution in [0.25, 0.3) is 0 Å². The zero-order valence-electron chi connectivity index (χ0n) is 12.0. The first-order valence-electron chi connectivity index (χ1n) is 7.40. The Kier molecular flexibility index (Phi) is 5.44. The summed E-state index contributed by atoms with van der Waals surface area (Å²) >= 11 is 6.26. The van der Waals surface area contributed by atoms with Gasteiger partial charge in [0.2, 0.25) is 5.91 Å². The molecule has 3 unspecified atom stereocenters. The lowest BCUT2D eigenvalue weighted by atomic mass is 10.0. The topological polar surface area (TPSA) is 46.3 Å². The van der Waals surface area contributed by atoms with Crippen molar-refractivity contribution < 1.29 is 4.79 Å². The van der Waals surface area contributed by atoms with Crippen LogP contribution in [-0.4, -0.2) is 23.4 Å². The maximum Gasteiger partial charge on any atom is 0.227 e.